The summed E-state index contributed by atoms with van der Waals surface area (Å²) in [6.07, 6.45) is 0.521. The zero-order valence-corrected chi connectivity index (χ0v) is 20.6. The van der Waals surface area contributed by atoms with Crippen LogP contribution < -0.4 is 5.32 Å². The van der Waals surface area contributed by atoms with Crippen molar-refractivity contribution >= 4 is 17.6 Å². The molecule has 0 spiro atoms. The highest BCUT2D eigenvalue weighted by molar-refractivity contribution is 6.05. The molecule has 0 saturated carbocycles. The molecule has 1 fully saturated rings. The maximum absolute atomic E-state index is 13.2. The van der Waals surface area contributed by atoms with Crippen molar-refractivity contribution in [3.05, 3.63) is 29.8 Å². The maximum Gasteiger partial charge on any atom is 0.412 e. The summed E-state index contributed by atoms with van der Waals surface area (Å²) in [6, 6.07) is 7.62. The highest BCUT2D eigenvalue weighted by Gasteiger charge is 2.28. The van der Waals surface area contributed by atoms with Gasteiger partial charge in [0.2, 0.25) is 0 Å². The van der Waals surface area contributed by atoms with Crippen LogP contribution in [0.25, 0.3) is 0 Å². The number of carbonyl (C=O) groups excluding carboxylic acids is 2. The van der Waals surface area contributed by atoms with Crippen molar-refractivity contribution in [1.29, 1.82) is 0 Å². The normalized spacial score (nSPS) is 18.9. The largest absolute Gasteiger partial charge is 0.444 e. The molecule has 2 rings (SSSR count). The second-order valence-electron chi connectivity index (χ2n) is 9.49. The zero-order valence-electron chi connectivity index (χ0n) is 20.6. The van der Waals surface area contributed by atoms with Crippen LogP contribution in [0.15, 0.2) is 24.3 Å². The summed E-state index contributed by atoms with van der Waals surface area (Å²) >= 11 is 0. The number of nitrogens with one attached hydrogen (secondary N) is 1. The smallest absolute Gasteiger partial charge is 0.412 e. The minimum atomic E-state index is -0.600. The molecule has 1 aromatic rings. The number of hydrogen-bond donors (Lipinski definition) is 1. The molecule has 0 aromatic heterocycles. The van der Waals surface area contributed by atoms with Gasteiger partial charge in [0.25, 0.3) is 0 Å². The van der Waals surface area contributed by atoms with Gasteiger partial charge in [-0.25, -0.2) is 4.79 Å². The average Bonchev–Trinajstić information content (AvgIpc) is 2.73. The Bertz CT molecular complexity index is 747. The van der Waals surface area contributed by atoms with E-state index in [0.29, 0.717) is 23.8 Å². The summed E-state index contributed by atoms with van der Waals surface area (Å²) in [4.78, 5) is 30.4. The van der Waals surface area contributed by atoms with Crippen molar-refractivity contribution in [2.75, 3.05) is 51.3 Å². The van der Waals surface area contributed by atoms with Crippen LogP contribution in [0, 0.1) is 5.92 Å². The van der Waals surface area contributed by atoms with E-state index in [4.69, 9.17) is 9.47 Å². The highest BCUT2D eigenvalue weighted by Crippen LogP contribution is 2.22. The van der Waals surface area contributed by atoms with Crippen molar-refractivity contribution in [1.82, 2.24) is 9.80 Å². The lowest BCUT2D eigenvalue weighted by molar-refractivity contribution is 0.0361. The molecule has 1 heterocycles. The maximum atomic E-state index is 13.2. The molecule has 0 radical (unpaired) electrons. The number of hydrogen-bond acceptors (Lipinski definition) is 6. The van der Waals surface area contributed by atoms with Crippen LogP contribution in [0.1, 0.15) is 58.3 Å². The monoisotopic (exact) mass is 447 g/mol. The number of rotatable bonds is 10. The van der Waals surface area contributed by atoms with Gasteiger partial charge in [0.1, 0.15) is 5.60 Å². The molecule has 0 bridgehead atoms. The third-order valence-electron chi connectivity index (χ3n) is 5.69. The van der Waals surface area contributed by atoms with E-state index in [0.717, 1.165) is 45.8 Å². The summed E-state index contributed by atoms with van der Waals surface area (Å²) in [5.74, 6) is -0.146. The number of Topliss-reactive ketones (excluding diaryl/α,β-unsaturated/α-hetero) is 1. The molecule has 1 aliphatic heterocycles. The predicted octanol–water partition coefficient (Wildman–Crippen LogP) is 4.29. The van der Waals surface area contributed by atoms with Gasteiger partial charge in [0.05, 0.1) is 12.3 Å². The molecule has 1 amide bonds. The molecule has 7 nitrogen and oxygen atoms in total. The van der Waals surface area contributed by atoms with Gasteiger partial charge < -0.3 is 9.47 Å². The standard InChI is InChI=1S/C25H41N3O4/c1-7-20-18-27(13-14-28(20)15-16-31-8-2)17-19(3)23(29)21-11-9-10-12-22(21)26-24(30)32-25(4,5)6/h9-12,19-20H,7-8,13-18H2,1-6H3,(H,26,30)/t19-,20+/m0/s1. The fraction of sp³-hybridized carbons (Fsp3) is 0.680. The minimum Gasteiger partial charge on any atom is -0.444 e. The van der Waals surface area contributed by atoms with Gasteiger partial charge in [-0.05, 0) is 46.2 Å². The van der Waals surface area contributed by atoms with Crippen LogP contribution in [-0.2, 0) is 9.47 Å². The van der Waals surface area contributed by atoms with E-state index in [2.05, 4.69) is 22.0 Å². The van der Waals surface area contributed by atoms with Crippen molar-refractivity contribution < 1.29 is 19.1 Å². The van der Waals surface area contributed by atoms with E-state index in [9.17, 15) is 9.59 Å². The first-order valence-electron chi connectivity index (χ1n) is 11.8. The predicted molar refractivity (Wildman–Crippen MR) is 128 cm³/mol. The lowest BCUT2D eigenvalue weighted by atomic mass is 9.96. The fourth-order valence-corrected chi connectivity index (χ4v) is 4.09. The van der Waals surface area contributed by atoms with Crippen LogP contribution in [0.4, 0.5) is 10.5 Å². The molecule has 0 unspecified atom stereocenters. The molecule has 1 N–H and O–H groups in total. The summed E-state index contributed by atoms with van der Waals surface area (Å²) in [7, 11) is 0. The van der Waals surface area contributed by atoms with Crippen LogP contribution in [0.2, 0.25) is 0 Å². The van der Waals surface area contributed by atoms with Crippen molar-refractivity contribution in [2.45, 2.75) is 59.6 Å². The van der Waals surface area contributed by atoms with Gasteiger partial charge in [-0.15, -0.1) is 0 Å². The second-order valence-corrected chi connectivity index (χ2v) is 9.49. The number of benzene rings is 1. The van der Waals surface area contributed by atoms with E-state index in [1.807, 2.05) is 46.8 Å². The molecule has 0 aliphatic carbocycles. The van der Waals surface area contributed by atoms with Gasteiger partial charge >= 0.3 is 6.09 Å². The molecule has 1 aromatic carbocycles. The van der Waals surface area contributed by atoms with Crippen LogP contribution in [0.3, 0.4) is 0 Å². The Morgan fingerprint density at radius 3 is 2.56 bits per heavy atom. The average molecular weight is 448 g/mol. The number of anilines is 1. The van der Waals surface area contributed by atoms with E-state index < -0.39 is 11.7 Å². The third kappa shape index (κ3) is 8.19. The van der Waals surface area contributed by atoms with Gasteiger partial charge in [-0.3, -0.25) is 19.9 Å². The number of piperazine rings is 1. The molecular formula is C25H41N3O4. The first-order valence-corrected chi connectivity index (χ1v) is 11.8. The fourth-order valence-electron chi connectivity index (χ4n) is 4.09. The molecule has 180 valence electrons. The van der Waals surface area contributed by atoms with E-state index in [-0.39, 0.29) is 11.7 Å². The first-order chi connectivity index (χ1) is 15.1. The summed E-state index contributed by atoms with van der Waals surface area (Å²) in [5, 5.41) is 2.74. The van der Waals surface area contributed by atoms with E-state index in [1.165, 1.54) is 0 Å². The second kappa shape index (κ2) is 12.3. The number of para-hydroxylation sites is 1. The molecule has 1 aliphatic rings. The number of carbonyl (C=O) groups is 2. The van der Waals surface area contributed by atoms with Crippen molar-refractivity contribution in [3.63, 3.8) is 0 Å². The van der Waals surface area contributed by atoms with Crippen LogP contribution >= 0.6 is 0 Å². The Kier molecular flexibility index (Phi) is 10.1. The van der Waals surface area contributed by atoms with E-state index >= 15 is 0 Å². The first kappa shape index (κ1) is 26.3. The van der Waals surface area contributed by atoms with Gasteiger partial charge in [-0.2, -0.15) is 0 Å². The summed E-state index contributed by atoms with van der Waals surface area (Å²) < 4.78 is 10.9. The number of nitrogens with zero attached hydrogens (tertiary/aromatic N) is 2. The Labute approximate surface area is 193 Å². The minimum absolute atomic E-state index is 0.0310. The lowest BCUT2D eigenvalue weighted by Crippen LogP contribution is -2.54. The Balaban J connectivity index is 1.97. The molecular weight excluding hydrogens is 406 g/mol. The van der Waals surface area contributed by atoms with E-state index in [1.54, 1.807) is 12.1 Å². The highest BCUT2D eigenvalue weighted by atomic mass is 16.6. The van der Waals surface area contributed by atoms with Crippen molar-refractivity contribution in [3.8, 4) is 0 Å². The Morgan fingerprint density at radius 2 is 1.91 bits per heavy atom. The van der Waals surface area contributed by atoms with Crippen molar-refractivity contribution in [2.24, 2.45) is 5.92 Å². The topological polar surface area (TPSA) is 71.1 Å². The number of ether oxygens (including phenoxy) is 2. The SMILES string of the molecule is CCOCCN1CCN(C[C@H](C)C(=O)c2ccccc2NC(=O)OC(C)(C)C)C[C@H]1CC. The van der Waals surface area contributed by atoms with Crippen LogP contribution in [-0.4, -0.2) is 79.3 Å². The molecule has 7 heteroatoms. The number of ketones is 1. The molecule has 1 saturated heterocycles. The van der Waals surface area contributed by atoms with Gasteiger partial charge in [0, 0.05) is 56.9 Å². The Hall–Kier alpha value is -1.96. The van der Waals surface area contributed by atoms with Gasteiger partial charge in [0.15, 0.2) is 5.78 Å². The quantitative estimate of drug-likeness (QED) is 0.426. The lowest BCUT2D eigenvalue weighted by Gasteiger charge is -2.41. The number of amides is 1. The Morgan fingerprint density at radius 1 is 1.19 bits per heavy atom. The molecule has 32 heavy (non-hydrogen) atoms. The van der Waals surface area contributed by atoms with Crippen LogP contribution in [0.5, 0.6) is 0 Å². The summed E-state index contributed by atoms with van der Waals surface area (Å²) in [6.45, 7) is 17.7. The summed E-state index contributed by atoms with van der Waals surface area (Å²) in [5.41, 5.74) is 0.413. The zero-order chi connectivity index (χ0) is 23.7. The molecule has 2 atom stereocenters. The van der Waals surface area contributed by atoms with Gasteiger partial charge in [-0.1, -0.05) is 26.0 Å². The third-order valence-corrected chi connectivity index (χ3v) is 5.69.